The summed E-state index contributed by atoms with van der Waals surface area (Å²) in [6.07, 6.45) is -1.50. The molecule has 2 atom stereocenters. The van der Waals surface area contributed by atoms with Crippen molar-refractivity contribution >= 4 is 11.7 Å². The Morgan fingerprint density at radius 3 is 2.60 bits per heavy atom. The second-order valence-electron chi connectivity index (χ2n) is 2.38. The normalized spacial score (nSPS) is 32.0. The Morgan fingerprint density at radius 2 is 2.40 bits per heavy atom. The van der Waals surface area contributed by atoms with E-state index in [1.54, 1.807) is 0 Å². The Labute approximate surface area is 57.6 Å². The average molecular weight is 145 g/mol. The van der Waals surface area contributed by atoms with Gasteiger partial charge in [-0.1, -0.05) is 0 Å². The van der Waals surface area contributed by atoms with Crippen LogP contribution in [-0.2, 0) is 9.59 Å². The van der Waals surface area contributed by atoms with Crippen molar-refractivity contribution in [3.8, 4) is 0 Å². The smallest absolute Gasteiger partial charge is 0.255 e. The maximum Gasteiger partial charge on any atom is 0.255 e. The van der Waals surface area contributed by atoms with Gasteiger partial charge in [0.05, 0.1) is 6.04 Å². The van der Waals surface area contributed by atoms with E-state index < -0.39 is 18.1 Å². The molecule has 1 saturated heterocycles. The fraction of sp³-hybridized carbons (Fsp3) is 0.667. The lowest BCUT2D eigenvalue weighted by Crippen LogP contribution is -2.31. The molecule has 4 heteroatoms. The van der Waals surface area contributed by atoms with Gasteiger partial charge in [-0.3, -0.25) is 9.59 Å². The van der Waals surface area contributed by atoms with Crippen molar-refractivity contribution in [2.45, 2.75) is 25.6 Å². The van der Waals surface area contributed by atoms with Crippen molar-refractivity contribution < 1.29 is 14.0 Å². The molecule has 0 aromatic carbocycles. The first kappa shape index (κ1) is 7.18. The van der Waals surface area contributed by atoms with Gasteiger partial charge >= 0.3 is 0 Å². The van der Waals surface area contributed by atoms with Gasteiger partial charge in [-0.05, 0) is 6.92 Å². The number of hydrogen-bond acceptors (Lipinski definition) is 2. The molecule has 0 saturated carbocycles. The number of alkyl halides is 1. The standard InChI is InChI=1S/C6H8FNO2/c1-3(9)5-2-4(7)6(10)8-5/h4-5H,2H2,1H3,(H,8,10)/t4-,5-/m1/s1. The van der Waals surface area contributed by atoms with Gasteiger partial charge in [-0.25, -0.2) is 4.39 Å². The van der Waals surface area contributed by atoms with Gasteiger partial charge in [0.15, 0.2) is 12.0 Å². The maximum atomic E-state index is 12.4. The minimum absolute atomic E-state index is 0.00579. The third-order valence-electron chi connectivity index (χ3n) is 1.53. The monoisotopic (exact) mass is 145 g/mol. The molecule has 1 rings (SSSR count). The first-order valence-electron chi connectivity index (χ1n) is 3.06. The van der Waals surface area contributed by atoms with Crippen LogP contribution in [0.3, 0.4) is 0 Å². The average Bonchev–Trinajstić information content (AvgIpc) is 2.13. The SMILES string of the molecule is CC(=O)[C@H]1C[C@@H](F)C(=O)N1. The van der Waals surface area contributed by atoms with Crippen LogP contribution in [0.4, 0.5) is 4.39 Å². The summed E-state index contributed by atoms with van der Waals surface area (Å²) in [6.45, 7) is 1.34. The Hall–Kier alpha value is -0.930. The van der Waals surface area contributed by atoms with Crippen LogP contribution in [0.1, 0.15) is 13.3 Å². The topological polar surface area (TPSA) is 46.2 Å². The van der Waals surface area contributed by atoms with E-state index in [1.165, 1.54) is 6.92 Å². The molecule has 1 N–H and O–H groups in total. The van der Waals surface area contributed by atoms with Crippen LogP contribution in [0, 0.1) is 0 Å². The third-order valence-corrected chi connectivity index (χ3v) is 1.53. The molecule has 0 aliphatic carbocycles. The lowest BCUT2D eigenvalue weighted by atomic mass is 10.1. The van der Waals surface area contributed by atoms with Gasteiger partial charge in [0.25, 0.3) is 5.91 Å². The van der Waals surface area contributed by atoms with Gasteiger partial charge in [-0.15, -0.1) is 0 Å². The van der Waals surface area contributed by atoms with Crippen LogP contribution in [-0.4, -0.2) is 23.9 Å². The number of amides is 1. The summed E-state index contributed by atoms with van der Waals surface area (Å²) in [4.78, 5) is 21.0. The van der Waals surface area contributed by atoms with Crippen LogP contribution in [0.25, 0.3) is 0 Å². The quantitative estimate of drug-likeness (QED) is 0.555. The van der Waals surface area contributed by atoms with Crippen LogP contribution >= 0.6 is 0 Å². The Morgan fingerprint density at radius 1 is 1.80 bits per heavy atom. The van der Waals surface area contributed by atoms with Crippen molar-refractivity contribution in [1.29, 1.82) is 0 Å². The number of carbonyl (C=O) groups is 2. The number of rotatable bonds is 1. The molecule has 0 aromatic heterocycles. The van der Waals surface area contributed by atoms with E-state index >= 15 is 0 Å². The highest BCUT2D eigenvalue weighted by Gasteiger charge is 2.33. The lowest BCUT2D eigenvalue weighted by Gasteiger charge is -2.01. The molecular weight excluding hydrogens is 137 g/mol. The molecule has 1 heterocycles. The van der Waals surface area contributed by atoms with Gasteiger partial charge in [0.1, 0.15) is 0 Å². The third kappa shape index (κ3) is 1.15. The minimum Gasteiger partial charge on any atom is -0.344 e. The largest absolute Gasteiger partial charge is 0.344 e. The molecule has 0 bridgehead atoms. The van der Waals surface area contributed by atoms with E-state index in [0.29, 0.717) is 0 Å². The Bertz CT molecular complexity index is 181. The zero-order valence-corrected chi connectivity index (χ0v) is 5.56. The molecule has 1 aliphatic rings. The van der Waals surface area contributed by atoms with E-state index in [1.807, 2.05) is 0 Å². The van der Waals surface area contributed by atoms with Gasteiger partial charge in [-0.2, -0.15) is 0 Å². The van der Waals surface area contributed by atoms with Crippen molar-refractivity contribution in [2.24, 2.45) is 0 Å². The Kier molecular flexibility index (Phi) is 1.70. The highest BCUT2D eigenvalue weighted by Crippen LogP contribution is 2.11. The van der Waals surface area contributed by atoms with Crippen molar-refractivity contribution in [3.63, 3.8) is 0 Å². The molecule has 0 aromatic rings. The molecule has 1 fully saturated rings. The van der Waals surface area contributed by atoms with E-state index in [2.05, 4.69) is 5.32 Å². The summed E-state index contributed by atoms with van der Waals surface area (Å²) in [5.74, 6) is -0.853. The highest BCUT2D eigenvalue weighted by molar-refractivity contribution is 5.92. The summed E-state index contributed by atoms with van der Waals surface area (Å²) in [5.41, 5.74) is 0. The Balaban J connectivity index is 2.57. The van der Waals surface area contributed by atoms with E-state index in [9.17, 15) is 14.0 Å². The second-order valence-corrected chi connectivity index (χ2v) is 2.38. The molecule has 0 unspecified atom stereocenters. The van der Waals surface area contributed by atoms with Crippen LogP contribution in [0.5, 0.6) is 0 Å². The summed E-state index contributed by atoms with van der Waals surface area (Å²) < 4.78 is 12.4. The van der Waals surface area contributed by atoms with Crippen LogP contribution in [0.15, 0.2) is 0 Å². The molecule has 56 valence electrons. The number of Topliss-reactive ketones (excluding diaryl/α,β-unsaturated/α-hetero) is 1. The van der Waals surface area contributed by atoms with Gasteiger partial charge in [0.2, 0.25) is 0 Å². The molecule has 1 aliphatic heterocycles. The minimum atomic E-state index is -1.49. The van der Waals surface area contributed by atoms with E-state index in [-0.39, 0.29) is 12.2 Å². The fourth-order valence-electron chi connectivity index (χ4n) is 0.903. The summed E-state index contributed by atoms with van der Waals surface area (Å²) in [7, 11) is 0. The number of ketones is 1. The number of halogens is 1. The molecule has 1 amide bonds. The maximum absolute atomic E-state index is 12.4. The summed E-state index contributed by atoms with van der Waals surface area (Å²) >= 11 is 0. The van der Waals surface area contributed by atoms with Crippen LogP contribution < -0.4 is 5.32 Å². The predicted octanol–water partition coefficient (Wildman–Crippen LogP) is -0.198. The number of hydrogen-bond donors (Lipinski definition) is 1. The highest BCUT2D eigenvalue weighted by atomic mass is 19.1. The number of nitrogens with one attached hydrogen (secondary N) is 1. The first-order chi connectivity index (χ1) is 4.61. The van der Waals surface area contributed by atoms with E-state index in [0.717, 1.165) is 0 Å². The molecule has 0 radical (unpaired) electrons. The van der Waals surface area contributed by atoms with Crippen LogP contribution in [0.2, 0.25) is 0 Å². The second kappa shape index (κ2) is 2.36. The summed E-state index contributed by atoms with van der Waals surface area (Å²) in [6, 6.07) is -0.595. The zero-order valence-electron chi connectivity index (χ0n) is 5.56. The number of carbonyl (C=O) groups excluding carboxylic acids is 2. The van der Waals surface area contributed by atoms with Gasteiger partial charge in [0, 0.05) is 6.42 Å². The summed E-state index contributed by atoms with van der Waals surface area (Å²) in [5, 5.41) is 2.24. The van der Waals surface area contributed by atoms with Gasteiger partial charge < -0.3 is 5.32 Å². The van der Waals surface area contributed by atoms with Crippen molar-refractivity contribution in [1.82, 2.24) is 5.32 Å². The van der Waals surface area contributed by atoms with E-state index in [4.69, 9.17) is 0 Å². The lowest BCUT2D eigenvalue weighted by molar-refractivity contribution is -0.125. The molecule has 3 nitrogen and oxygen atoms in total. The molecular formula is C6H8FNO2. The molecule has 10 heavy (non-hydrogen) atoms. The first-order valence-corrected chi connectivity index (χ1v) is 3.06. The van der Waals surface area contributed by atoms with Crippen molar-refractivity contribution in [2.75, 3.05) is 0 Å². The van der Waals surface area contributed by atoms with Crippen molar-refractivity contribution in [3.05, 3.63) is 0 Å². The predicted molar refractivity (Wildman–Crippen MR) is 32.1 cm³/mol. The zero-order chi connectivity index (χ0) is 7.72. The fourth-order valence-corrected chi connectivity index (χ4v) is 0.903. The molecule has 0 spiro atoms.